The Morgan fingerprint density at radius 3 is 2.00 bits per heavy atom. The molecule has 9 heteroatoms. The maximum atomic E-state index is 13.2. The summed E-state index contributed by atoms with van der Waals surface area (Å²) in [5, 5.41) is 0. The van der Waals surface area contributed by atoms with E-state index >= 15 is 0 Å². The van der Waals surface area contributed by atoms with Crippen LogP contribution in [0.15, 0.2) is 0 Å². The molecule has 0 amide bonds. The predicted molar refractivity (Wildman–Crippen MR) is 55.6 cm³/mol. The molecule has 120 valence electrons. The third-order valence-electron chi connectivity index (χ3n) is 2.63. The number of esters is 1. The molecule has 1 atom stereocenters. The van der Waals surface area contributed by atoms with Gasteiger partial charge in [-0.2, -0.15) is 30.7 Å². The van der Waals surface area contributed by atoms with Crippen molar-refractivity contribution in [3.63, 3.8) is 0 Å². The Bertz CT molecular complexity index is 325. The fourth-order valence-electron chi connectivity index (χ4n) is 1.27. The molecule has 20 heavy (non-hydrogen) atoms. The molecule has 0 aliphatic heterocycles. The molecule has 0 aromatic heterocycles. The minimum absolute atomic E-state index is 0.0940. The van der Waals surface area contributed by atoms with Gasteiger partial charge in [-0.05, 0) is 6.42 Å². The lowest BCUT2D eigenvalue weighted by Crippen LogP contribution is -2.55. The highest BCUT2D eigenvalue weighted by Crippen LogP contribution is 2.50. The van der Waals surface area contributed by atoms with Gasteiger partial charge in [0.15, 0.2) is 0 Å². The van der Waals surface area contributed by atoms with Gasteiger partial charge in [-0.25, -0.2) is 0 Å². The summed E-state index contributed by atoms with van der Waals surface area (Å²) in [6, 6.07) is 0. The normalized spacial score (nSPS) is 15.1. The van der Waals surface area contributed by atoms with Gasteiger partial charge < -0.3 is 4.74 Å². The zero-order valence-corrected chi connectivity index (χ0v) is 10.9. The molecule has 0 aromatic rings. The van der Waals surface area contributed by atoms with Gasteiger partial charge in [-0.15, -0.1) is 0 Å². The predicted octanol–water partition coefficient (Wildman–Crippen LogP) is 4.19. The van der Waals surface area contributed by atoms with E-state index in [4.69, 9.17) is 0 Å². The van der Waals surface area contributed by atoms with Crippen molar-refractivity contribution in [2.45, 2.75) is 51.1 Å². The van der Waals surface area contributed by atoms with E-state index in [-0.39, 0.29) is 6.61 Å². The summed E-state index contributed by atoms with van der Waals surface area (Å²) in [5.41, 5.74) is 0. The highest BCUT2D eigenvalue weighted by molar-refractivity contribution is 5.69. The summed E-state index contributed by atoms with van der Waals surface area (Å²) < 4.78 is 91.9. The average molecular weight is 312 g/mol. The number of rotatable bonds is 7. The van der Waals surface area contributed by atoms with E-state index in [1.165, 1.54) is 0 Å². The van der Waals surface area contributed by atoms with Crippen LogP contribution in [-0.2, 0) is 9.53 Å². The number of halogens is 7. The Morgan fingerprint density at radius 2 is 1.60 bits per heavy atom. The molecule has 0 fully saturated rings. The number of unbranched alkanes of at least 4 members (excludes halogenated alkanes) is 1. The summed E-state index contributed by atoms with van der Waals surface area (Å²) in [6.07, 6.45) is -6.53. The van der Waals surface area contributed by atoms with E-state index in [1.54, 1.807) is 6.92 Å². The van der Waals surface area contributed by atoms with E-state index in [9.17, 15) is 35.5 Å². The number of carbonyl (C=O) groups is 1. The fourth-order valence-corrected chi connectivity index (χ4v) is 1.27. The van der Waals surface area contributed by atoms with Gasteiger partial charge in [0.2, 0.25) is 0 Å². The van der Waals surface area contributed by atoms with E-state index in [0.29, 0.717) is 19.8 Å². The summed E-state index contributed by atoms with van der Waals surface area (Å²) in [5.74, 6) is -15.3. The molecule has 0 aromatic carbocycles. The third-order valence-corrected chi connectivity index (χ3v) is 2.63. The molecule has 0 aliphatic carbocycles. The minimum Gasteiger partial charge on any atom is -0.466 e. The monoisotopic (exact) mass is 312 g/mol. The summed E-state index contributed by atoms with van der Waals surface area (Å²) in [4.78, 5) is 11.1. The molecule has 0 spiro atoms. The largest absolute Gasteiger partial charge is 0.466 e. The first-order chi connectivity index (χ1) is 8.88. The van der Waals surface area contributed by atoms with Crippen LogP contribution < -0.4 is 0 Å². The van der Waals surface area contributed by atoms with Crippen LogP contribution in [-0.4, -0.2) is 30.6 Å². The van der Waals surface area contributed by atoms with Crippen LogP contribution in [0.4, 0.5) is 30.7 Å². The van der Waals surface area contributed by atoms with Crippen molar-refractivity contribution in [3.05, 3.63) is 0 Å². The van der Waals surface area contributed by atoms with Crippen molar-refractivity contribution in [1.29, 1.82) is 0 Å². The Labute approximate surface area is 111 Å². The summed E-state index contributed by atoms with van der Waals surface area (Å²) in [7, 11) is 0. The zero-order valence-electron chi connectivity index (χ0n) is 10.9. The van der Waals surface area contributed by atoms with Crippen molar-refractivity contribution in [2.75, 3.05) is 6.61 Å². The minimum atomic E-state index is -6.39. The lowest BCUT2D eigenvalue weighted by atomic mass is 9.94. The van der Waals surface area contributed by atoms with Gasteiger partial charge >= 0.3 is 24.0 Å². The first-order valence-corrected chi connectivity index (χ1v) is 5.85. The van der Waals surface area contributed by atoms with E-state index < -0.39 is 36.3 Å². The number of alkyl halides is 7. The molecule has 0 heterocycles. The molecule has 0 saturated heterocycles. The van der Waals surface area contributed by atoms with Crippen molar-refractivity contribution < 1.29 is 40.3 Å². The number of carbonyl (C=O) groups excluding carboxylic acids is 1. The fraction of sp³-hybridized carbons (Fsp3) is 0.909. The molecular formula is C11H15F7O2. The molecule has 1 unspecified atom stereocenters. The standard InChI is InChI=1S/C11H15F7O2/c1-3-4-5-20-8(19)6-7(2)9(12,13)10(14,15)11(16,17)18/h7H,3-6H2,1-2H3. The Morgan fingerprint density at radius 1 is 1.10 bits per heavy atom. The molecule has 2 nitrogen and oxygen atoms in total. The van der Waals surface area contributed by atoms with Crippen molar-refractivity contribution in [2.24, 2.45) is 5.92 Å². The first kappa shape index (κ1) is 19.0. The van der Waals surface area contributed by atoms with Crippen LogP contribution in [0.3, 0.4) is 0 Å². The smallest absolute Gasteiger partial charge is 0.459 e. The van der Waals surface area contributed by atoms with Gasteiger partial charge in [-0.3, -0.25) is 4.79 Å². The Hall–Kier alpha value is -1.02. The Kier molecular flexibility index (Phi) is 6.28. The van der Waals surface area contributed by atoms with Crippen molar-refractivity contribution in [1.82, 2.24) is 0 Å². The van der Waals surface area contributed by atoms with Crippen LogP contribution >= 0.6 is 0 Å². The molecule has 0 bridgehead atoms. The second-order valence-electron chi connectivity index (χ2n) is 4.37. The molecule has 0 saturated carbocycles. The number of hydrogen-bond acceptors (Lipinski definition) is 2. The first-order valence-electron chi connectivity index (χ1n) is 5.85. The highest BCUT2D eigenvalue weighted by atomic mass is 19.4. The van der Waals surface area contributed by atoms with Gasteiger partial charge in [-0.1, -0.05) is 20.3 Å². The molecule has 0 aliphatic rings. The second kappa shape index (κ2) is 6.62. The second-order valence-corrected chi connectivity index (χ2v) is 4.37. The summed E-state index contributed by atoms with van der Waals surface area (Å²) >= 11 is 0. The maximum Gasteiger partial charge on any atom is 0.459 e. The van der Waals surface area contributed by atoms with Crippen molar-refractivity contribution in [3.8, 4) is 0 Å². The lowest BCUT2D eigenvalue weighted by Gasteiger charge is -2.31. The lowest BCUT2D eigenvalue weighted by molar-refractivity contribution is -0.364. The zero-order chi connectivity index (χ0) is 16.2. The Balaban J connectivity index is 4.74. The van der Waals surface area contributed by atoms with Crippen LogP contribution in [0, 0.1) is 5.92 Å². The topological polar surface area (TPSA) is 26.3 Å². The quantitative estimate of drug-likeness (QED) is 0.400. The third kappa shape index (κ3) is 4.24. The number of hydrogen-bond donors (Lipinski definition) is 0. The van der Waals surface area contributed by atoms with Crippen molar-refractivity contribution >= 4 is 5.97 Å². The van der Waals surface area contributed by atoms with Gasteiger partial charge in [0.05, 0.1) is 13.0 Å². The van der Waals surface area contributed by atoms with Crippen LogP contribution in [0.25, 0.3) is 0 Å². The molecule has 0 radical (unpaired) electrons. The average Bonchev–Trinajstić information content (AvgIpc) is 2.27. The summed E-state index contributed by atoms with van der Waals surface area (Å²) in [6.45, 7) is 2.11. The van der Waals surface area contributed by atoms with Gasteiger partial charge in [0.1, 0.15) is 0 Å². The number of ether oxygens (including phenoxy) is 1. The van der Waals surface area contributed by atoms with Crippen LogP contribution in [0.1, 0.15) is 33.1 Å². The molecule has 0 N–H and O–H groups in total. The van der Waals surface area contributed by atoms with Gasteiger partial charge in [0.25, 0.3) is 0 Å². The molecular weight excluding hydrogens is 297 g/mol. The SMILES string of the molecule is CCCCOC(=O)CC(C)C(F)(F)C(F)(F)C(F)(F)F. The highest BCUT2D eigenvalue weighted by Gasteiger charge is 2.74. The van der Waals surface area contributed by atoms with Gasteiger partial charge in [0, 0.05) is 5.92 Å². The van der Waals surface area contributed by atoms with Crippen LogP contribution in [0.2, 0.25) is 0 Å². The maximum absolute atomic E-state index is 13.2. The van der Waals surface area contributed by atoms with E-state index in [2.05, 4.69) is 4.74 Å². The van der Waals surface area contributed by atoms with E-state index in [1.807, 2.05) is 0 Å². The molecule has 0 rings (SSSR count). The van der Waals surface area contributed by atoms with E-state index in [0.717, 1.165) is 0 Å². The van der Waals surface area contributed by atoms with Crippen LogP contribution in [0.5, 0.6) is 0 Å².